The van der Waals surface area contributed by atoms with Crippen LogP contribution in [0.1, 0.15) is 18.9 Å². The highest BCUT2D eigenvalue weighted by Crippen LogP contribution is 2.32. The predicted octanol–water partition coefficient (Wildman–Crippen LogP) is 3.25. The van der Waals surface area contributed by atoms with E-state index in [2.05, 4.69) is 10.3 Å². The van der Waals surface area contributed by atoms with Crippen molar-refractivity contribution in [3.63, 3.8) is 0 Å². The van der Waals surface area contributed by atoms with Crippen molar-refractivity contribution < 1.29 is 19.1 Å². The van der Waals surface area contributed by atoms with E-state index in [1.54, 1.807) is 17.5 Å². The molecule has 0 spiro atoms. The number of anilines is 1. The summed E-state index contributed by atoms with van der Waals surface area (Å²) >= 11 is 1.56. The molecule has 7 heteroatoms. The predicted molar refractivity (Wildman–Crippen MR) is 90.3 cm³/mol. The molecule has 0 aliphatic carbocycles. The van der Waals surface area contributed by atoms with Gasteiger partial charge in [-0.05, 0) is 13.0 Å². The van der Waals surface area contributed by atoms with Gasteiger partial charge in [-0.1, -0.05) is 18.2 Å². The van der Waals surface area contributed by atoms with E-state index in [0.29, 0.717) is 0 Å². The lowest BCUT2D eigenvalue weighted by molar-refractivity contribution is -0.222. The van der Waals surface area contributed by atoms with Crippen molar-refractivity contribution in [1.82, 2.24) is 4.98 Å². The molecule has 24 heavy (non-hydrogen) atoms. The maximum atomic E-state index is 12.0. The Labute approximate surface area is 143 Å². The van der Waals surface area contributed by atoms with Crippen LogP contribution in [0, 0.1) is 6.92 Å². The molecule has 1 aliphatic rings. The molecule has 2 aromatic rings. The quantitative estimate of drug-likeness (QED) is 0.523. The van der Waals surface area contributed by atoms with Crippen molar-refractivity contribution in [3.05, 3.63) is 47.2 Å². The number of benzene rings is 1. The van der Waals surface area contributed by atoms with Gasteiger partial charge in [-0.25, -0.2) is 14.6 Å². The first-order valence-corrected chi connectivity index (χ1v) is 8.12. The van der Waals surface area contributed by atoms with Crippen molar-refractivity contribution in [3.8, 4) is 10.4 Å². The number of carbonyl (C=O) groups is 2. The number of ether oxygens (including phenoxy) is 2. The van der Waals surface area contributed by atoms with Gasteiger partial charge in [-0.15, -0.1) is 11.3 Å². The molecular weight excluding hydrogens is 328 g/mol. The molecule has 2 heterocycles. The number of nitrogens with zero attached hydrogens (tertiary/aromatic N) is 1. The fourth-order valence-corrected chi connectivity index (χ4v) is 3.06. The average molecular weight is 344 g/mol. The first kappa shape index (κ1) is 16.2. The minimum absolute atomic E-state index is 0.176. The van der Waals surface area contributed by atoms with Crippen molar-refractivity contribution in [1.29, 1.82) is 0 Å². The van der Waals surface area contributed by atoms with Crippen LogP contribution in [0.2, 0.25) is 0 Å². The Kier molecular flexibility index (Phi) is 4.11. The lowest BCUT2D eigenvalue weighted by atomic mass is 10.1. The second kappa shape index (κ2) is 6.09. The summed E-state index contributed by atoms with van der Waals surface area (Å²) in [7, 11) is 0. The zero-order chi connectivity index (χ0) is 17.3. The molecule has 0 radical (unpaired) electrons. The third-order valence-corrected chi connectivity index (χ3v) is 4.25. The van der Waals surface area contributed by atoms with Gasteiger partial charge in [0.2, 0.25) is 0 Å². The summed E-state index contributed by atoms with van der Waals surface area (Å²) in [4.78, 5) is 29.2. The first-order chi connectivity index (χ1) is 11.4. The third kappa shape index (κ3) is 3.30. The molecule has 0 amide bonds. The molecule has 0 saturated carbocycles. The lowest BCUT2D eigenvalue weighted by Crippen LogP contribution is -2.42. The standard InChI is InChI=1S/C17H16N2O4S/c1-10-18-9-14(24-10)11-6-4-5-7-13(11)19-8-12-15(20)22-17(2,3)23-16(12)21/h4-9,19H,1-3H3. The Morgan fingerprint density at radius 3 is 2.46 bits per heavy atom. The smallest absolute Gasteiger partial charge is 0.350 e. The molecule has 1 aromatic carbocycles. The fraction of sp³-hybridized carbons (Fsp3) is 0.235. The Balaban J connectivity index is 1.87. The summed E-state index contributed by atoms with van der Waals surface area (Å²) in [5.41, 5.74) is 1.50. The van der Waals surface area contributed by atoms with E-state index >= 15 is 0 Å². The number of thiazole rings is 1. The molecule has 1 N–H and O–H groups in total. The van der Waals surface area contributed by atoms with Crippen LogP contribution in [-0.2, 0) is 19.1 Å². The molecule has 1 fully saturated rings. The SMILES string of the molecule is Cc1ncc(-c2ccccc2NC=C2C(=O)OC(C)(C)OC2=O)s1. The zero-order valence-corrected chi connectivity index (χ0v) is 14.3. The van der Waals surface area contributed by atoms with Crippen LogP contribution >= 0.6 is 11.3 Å². The topological polar surface area (TPSA) is 77.5 Å². The number of hydrogen-bond donors (Lipinski definition) is 1. The number of esters is 2. The fourth-order valence-electron chi connectivity index (χ4n) is 2.24. The Bertz CT molecular complexity index is 817. The second-order valence-corrected chi connectivity index (χ2v) is 6.91. The molecule has 3 rings (SSSR count). The van der Waals surface area contributed by atoms with Crippen LogP contribution in [0.25, 0.3) is 10.4 Å². The Morgan fingerprint density at radius 1 is 1.17 bits per heavy atom. The van der Waals surface area contributed by atoms with E-state index in [1.165, 1.54) is 20.0 Å². The highest BCUT2D eigenvalue weighted by atomic mass is 32.1. The Morgan fingerprint density at radius 2 is 1.83 bits per heavy atom. The summed E-state index contributed by atoms with van der Waals surface area (Å²) in [5.74, 6) is -2.67. The number of aryl methyl sites for hydroxylation is 1. The largest absolute Gasteiger partial charge is 0.419 e. The molecule has 1 aliphatic heterocycles. The highest BCUT2D eigenvalue weighted by Gasteiger charge is 2.38. The van der Waals surface area contributed by atoms with Gasteiger partial charge >= 0.3 is 11.9 Å². The van der Waals surface area contributed by atoms with Crippen LogP contribution in [0.4, 0.5) is 5.69 Å². The van der Waals surface area contributed by atoms with Gasteiger partial charge < -0.3 is 14.8 Å². The van der Waals surface area contributed by atoms with Crippen LogP contribution in [0.3, 0.4) is 0 Å². The van der Waals surface area contributed by atoms with Crippen LogP contribution in [0.5, 0.6) is 0 Å². The second-order valence-electron chi connectivity index (χ2n) is 5.67. The van der Waals surface area contributed by atoms with Crippen LogP contribution in [0.15, 0.2) is 42.2 Å². The molecule has 0 atom stereocenters. The number of hydrogen-bond acceptors (Lipinski definition) is 7. The molecule has 0 unspecified atom stereocenters. The zero-order valence-electron chi connectivity index (χ0n) is 13.5. The number of para-hydroxylation sites is 1. The van der Waals surface area contributed by atoms with Crippen molar-refractivity contribution in [2.75, 3.05) is 5.32 Å². The average Bonchev–Trinajstić information content (AvgIpc) is 2.92. The summed E-state index contributed by atoms with van der Waals surface area (Å²) in [5, 5.41) is 3.95. The van der Waals surface area contributed by atoms with E-state index in [4.69, 9.17) is 9.47 Å². The molecule has 124 valence electrons. The summed E-state index contributed by atoms with van der Waals surface area (Å²) in [6.45, 7) is 4.95. The number of carbonyl (C=O) groups excluding carboxylic acids is 2. The van der Waals surface area contributed by atoms with Crippen LogP contribution in [-0.4, -0.2) is 22.7 Å². The maximum absolute atomic E-state index is 12.0. The molecule has 1 aromatic heterocycles. The van der Waals surface area contributed by atoms with Gasteiger partial charge in [0.1, 0.15) is 0 Å². The minimum Gasteiger partial charge on any atom is -0.419 e. The van der Waals surface area contributed by atoms with E-state index in [9.17, 15) is 9.59 Å². The maximum Gasteiger partial charge on any atom is 0.350 e. The summed E-state index contributed by atoms with van der Waals surface area (Å²) in [6.07, 6.45) is 3.10. The van der Waals surface area contributed by atoms with Crippen molar-refractivity contribution in [2.24, 2.45) is 0 Å². The number of rotatable bonds is 3. The highest BCUT2D eigenvalue weighted by molar-refractivity contribution is 7.15. The van der Waals surface area contributed by atoms with E-state index in [1.807, 2.05) is 31.2 Å². The van der Waals surface area contributed by atoms with Gasteiger partial charge in [0, 0.05) is 37.5 Å². The molecule has 0 bridgehead atoms. The van der Waals surface area contributed by atoms with Crippen molar-refractivity contribution in [2.45, 2.75) is 26.6 Å². The van der Waals surface area contributed by atoms with E-state index in [0.717, 1.165) is 21.1 Å². The molecular formula is C17H16N2O4S. The lowest BCUT2D eigenvalue weighted by Gasteiger charge is -2.29. The normalized spacial score (nSPS) is 16.4. The third-order valence-electron chi connectivity index (χ3n) is 3.30. The van der Waals surface area contributed by atoms with Crippen molar-refractivity contribution >= 4 is 29.0 Å². The Hall–Kier alpha value is -2.67. The van der Waals surface area contributed by atoms with Gasteiger partial charge in [-0.2, -0.15) is 0 Å². The van der Waals surface area contributed by atoms with Gasteiger partial charge in [-0.3, -0.25) is 0 Å². The summed E-state index contributed by atoms with van der Waals surface area (Å²) < 4.78 is 10.1. The number of aromatic nitrogens is 1. The van der Waals surface area contributed by atoms with E-state index in [-0.39, 0.29) is 5.57 Å². The van der Waals surface area contributed by atoms with Gasteiger partial charge in [0.15, 0.2) is 5.57 Å². The van der Waals surface area contributed by atoms with Gasteiger partial charge in [0.05, 0.1) is 9.88 Å². The number of nitrogens with one attached hydrogen (secondary N) is 1. The minimum atomic E-state index is -1.25. The summed E-state index contributed by atoms with van der Waals surface area (Å²) in [6, 6.07) is 7.56. The molecule has 6 nitrogen and oxygen atoms in total. The van der Waals surface area contributed by atoms with Crippen LogP contribution < -0.4 is 5.32 Å². The van der Waals surface area contributed by atoms with Gasteiger partial charge in [0.25, 0.3) is 5.79 Å². The molecule has 1 saturated heterocycles. The first-order valence-electron chi connectivity index (χ1n) is 7.31. The van der Waals surface area contributed by atoms with E-state index < -0.39 is 17.7 Å². The number of cyclic esters (lactones) is 2. The monoisotopic (exact) mass is 344 g/mol.